The molecule has 0 bridgehead atoms. The molecule has 2 heterocycles. The summed E-state index contributed by atoms with van der Waals surface area (Å²) in [5.41, 5.74) is 4.05. The van der Waals surface area contributed by atoms with Gasteiger partial charge in [0.25, 0.3) is 0 Å². The number of para-hydroxylation sites is 2. The van der Waals surface area contributed by atoms with E-state index in [1.165, 1.54) is 11.8 Å². The number of imidazole rings is 1. The summed E-state index contributed by atoms with van der Waals surface area (Å²) in [7, 11) is 0. The van der Waals surface area contributed by atoms with Gasteiger partial charge in [0.2, 0.25) is 5.91 Å². The quantitative estimate of drug-likeness (QED) is 0.465. The Morgan fingerprint density at radius 3 is 2.66 bits per heavy atom. The standard InChI is InChI=1S/C22H23N5OS/c1-3-26-19-12-8-7-11-18(19)23-22(26)29-15-21(28)24-20-13-16(2)25-27(20)14-17-9-5-4-6-10-17/h4-13H,3,14-15H2,1-2H3,(H,24,28). The van der Waals surface area contributed by atoms with E-state index in [1.54, 1.807) is 0 Å². The monoisotopic (exact) mass is 405 g/mol. The Labute approximate surface area is 173 Å². The van der Waals surface area contributed by atoms with Crippen LogP contribution < -0.4 is 5.32 Å². The second kappa shape index (κ2) is 8.53. The molecule has 4 aromatic rings. The van der Waals surface area contributed by atoms with Gasteiger partial charge < -0.3 is 9.88 Å². The largest absolute Gasteiger partial charge is 0.319 e. The fraction of sp³-hybridized carbons (Fsp3) is 0.227. The van der Waals surface area contributed by atoms with Gasteiger partial charge in [-0.25, -0.2) is 9.67 Å². The van der Waals surface area contributed by atoms with Gasteiger partial charge >= 0.3 is 0 Å². The number of carbonyl (C=O) groups excluding carboxylic acids is 1. The lowest BCUT2D eigenvalue weighted by Crippen LogP contribution is -2.18. The number of thioether (sulfide) groups is 1. The summed E-state index contributed by atoms with van der Waals surface area (Å²) in [5, 5.41) is 8.37. The first-order valence-corrected chi connectivity index (χ1v) is 10.6. The first-order chi connectivity index (χ1) is 14.1. The number of hydrogen-bond donors (Lipinski definition) is 1. The van der Waals surface area contributed by atoms with Crippen LogP contribution in [-0.4, -0.2) is 31.0 Å². The van der Waals surface area contributed by atoms with Gasteiger partial charge in [-0.05, 0) is 31.5 Å². The molecule has 7 heteroatoms. The molecule has 0 saturated heterocycles. The second-order valence-corrected chi connectivity index (χ2v) is 7.72. The van der Waals surface area contributed by atoms with Crippen molar-refractivity contribution in [3.63, 3.8) is 0 Å². The van der Waals surface area contributed by atoms with Crippen molar-refractivity contribution in [1.29, 1.82) is 0 Å². The van der Waals surface area contributed by atoms with Gasteiger partial charge in [-0.1, -0.05) is 54.2 Å². The van der Waals surface area contributed by atoms with Crippen LogP contribution in [0.5, 0.6) is 0 Å². The summed E-state index contributed by atoms with van der Waals surface area (Å²) in [6.07, 6.45) is 0. The van der Waals surface area contributed by atoms with Gasteiger partial charge in [-0.15, -0.1) is 0 Å². The molecule has 2 aromatic carbocycles. The lowest BCUT2D eigenvalue weighted by Gasteiger charge is -2.09. The van der Waals surface area contributed by atoms with Crippen LogP contribution in [0.1, 0.15) is 18.2 Å². The van der Waals surface area contributed by atoms with Crippen LogP contribution in [0.15, 0.2) is 65.8 Å². The number of carbonyl (C=O) groups is 1. The van der Waals surface area contributed by atoms with E-state index >= 15 is 0 Å². The number of amides is 1. The molecule has 0 aliphatic carbocycles. The van der Waals surface area contributed by atoms with E-state index in [2.05, 4.69) is 33.0 Å². The molecule has 0 aliphatic rings. The van der Waals surface area contributed by atoms with Crippen molar-refractivity contribution < 1.29 is 4.79 Å². The zero-order valence-electron chi connectivity index (χ0n) is 16.5. The molecular formula is C22H23N5OS. The zero-order valence-corrected chi connectivity index (χ0v) is 17.3. The summed E-state index contributed by atoms with van der Waals surface area (Å²) in [6.45, 7) is 5.44. The molecule has 1 N–H and O–H groups in total. The van der Waals surface area contributed by atoms with E-state index in [4.69, 9.17) is 0 Å². The Morgan fingerprint density at radius 1 is 1.10 bits per heavy atom. The molecule has 0 saturated carbocycles. The molecule has 2 aromatic heterocycles. The van der Waals surface area contributed by atoms with Crippen molar-refractivity contribution in [3.05, 3.63) is 71.9 Å². The third-order valence-corrected chi connectivity index (χ3v) is 5.59. The second-order valence-electron chi connectivity index (χ2n) is 6.78. The maximum absolute atomic E-state index is 12.6. The van der Waals surface area contributed by atoms with E-state index in [-0.39, 0.29) is 5.91 Å². The average Bonchev–Trinajstić information content (AvgIpc) is 3.26. The Morgan fingerprint density at radius 2 is 1.86 bits per heavy atom. The topological polar surface area (TPSA) is 64.7 Å². The zero-order chi connectivity index (χ0) is 20.2. The van der Waals surface area contributed by atoms with Crippen LogP contribution in [0.25, 0.3) is 11.0 Å². The summed E-state index contributed by atoms with van der Waals surface area (Å²) in [5.74, 6) is 0.929. The van der Waals surface area contributed by atoms with E-state index in [9.17, 15) is 4.79 Å². The Bertz CT molecular complexity index is 1130. The highest BCUT2D eigenvalue weighted by Gasteiger charge is 2.14. The van der Waals surface area contributed by atoms with Crippen molar-refractivity contribution in [2.75, 3.05) is 11.1 Å². The molecule has 4 rings (SSSR count). The number of nitrogens with zero attached hydrogens (tertiary/aromatic N) is 4. The highest BCUT2D eigenvalue weighted by molar-refractivity contribution is 7.99. The average molecular weight is 406 g/mol. The highest BCUT2D eigenvalue weighted by Crippen LogP contribution is 2.24. The van der Waals surface area contributed by atoms with Crippen molar-refractivity contribution in [1.82, 2.24) is 19.3 Å². The Hall–Kier alpha value is -3.06. The molecule has 0 unspecified atom stereocenters. The number of anilines is 1. The highest BCUT2D eigenvalue weighted by atomic mass is 32.2. The summed E-state index contributed by atoms with van der Waals surface area (Å²) >= 11 is 1.45. The first kappa shape index (κ1) is 19.3. The van der Waals surface area contributed by atoms with Gasteiger partial charge in [0.1, 0.15) is 5.82 Å². The van der Waals surface area contributed by atoms with E-state index in [0.29, 0.717) is 18.1 Å². The molecule has 0 radical (unpaired) electrons. The molecule has 148 valence electrons. The normalized spacial score (nSPS) is 11.1. The lowest BCUT2D eigenvalue weighted by atomic mass is 10.2. The van der Waals surface area contributed by atoms with Gasteiger partial charge in [-0.2, -0.15) is 5.10 Å². The van der Waals surface area contributed by atoms with Crippen molar-refractivity contribution in [2.45, 2.75) is 32.1 Å². The number of aromatic nitrogens is 4. The van der Waals surface area contributed by atoms with Crippen LogP contribution in [0, 0.1) is 6.92 Å². The molecule has 0 spiro atoms. The fourth-order valence-corrected chi connectivity index (χ4v) is 4.18. The molecular weight excluding hydrogens is 382 g/mol. The summed E-state index contributed by atoms with van der Waals surface area (Å²) < 4.78 is 3.96. The number of hydrogen-bond acceptors (Lipinski definition) is 4. The predicted octanol–water partition coefficient (Wildman–Crippen LogP) is 4.34. The smallest absolute Gasteiger partial charge is 0.235 e. The SMILES string of the molecule is CCn1c(SCC(=O)Nc2cc(C)nn2Cc2ccccc2)nc2ccccc21. The van der Waals surface area contributed by atoms with Gasteiger partial charge in [0.15, 0.2) is 5.16 Å². The van der Waals surface area contributed by atoms with Crippen molar-refractivity contribution in [3.8, 4) is 0 Å². The third-order valence-electron chi connectivity index (χ3n) is 4.61. The van der Waals surface area contributed by atoms with Gasteiger partial charge in [0.05, 0.1) is 29.0 Å². The molecule has 1 amide bonds. The predicted molar refractivity (Wildman–Crippen MR) is 117 cm³/mol. The van der Waals surface area contributed by atoms with Crippen LogP contribution in [-0.2, 0) is 17.9 Å². The van der Waals surface area contributed by atoms with Gasteiger partial charge in [0, 0.05) is 12.6 Å². The summed E-state index contributed by atoms with van der Waals surface area (Å²) in [6, 6.07) is 20.0. The minimum atomic E-state index is -0.0704. The maximum Gasteiger partial charge on any atom is 0.235 e. The summed E-state index contributed by atoms with van der Waals surface area (Å²) in [4.78, 5) is 17.3. The number of nitrogens with one attached hydrogen (secondary N) is 1. The Balaban J connectivity index is 1.44. The van der Waals surface area contributed by atoms with Crippen molar-refractivity contribution >= 4 is 34.5 Å². The van der Waals surface area contributed by atoms with E-state index < -0.39 is 0 Å². The molecule has 0 aliphatic heterocycles. The molecule has 0 fully saturated rings. The minimum absolute atomic E-state index is 0.0704. The van der Waals surface area contributed by atoms with Crippen molar-refractivity contribution in [2.24, 2.45) is 0 Å². The maximum atomic E-state index is 12.6. The third kappa shape index (κ3) is 4.35. The first-order valence-electron chi connectivity index (χ1n) is 9.60. The van der Waals surface area contributed by atoms with E-state index in [1.807, 2.05) is 66.2 Å². The Kier molecular flexibility index (Phi) is 5.67. The van der Waals surface area contributed by atoms with Crippen LogP contribution in [0.2, 0.25) is 0 Å². The van der Waals surface area contributed by atoms with Crippen LogP contribution >= 0.6 is 11.8 Å². The van der Waals surface area contributed by atoms with E-state index in [0.717, 1.165) is 34.0 Å². The number of rotatable bonds is 7. The minimum Gasteiger partial charge on any atom is -0.319 e. The molecule has 0 atom stereocenters. The molecule has 29 heavy (non-hydrogen) atoms. The van der Waals surface area contributed by atoms with Crippen LogP contribution in [0.4, 0.5) is 5.82 Å². The van der Waals surface area contributed by atoms with Crippen LogP contribution in [0.3, 0.4) is 0 Å². The fourth-order valence-electron chi connectivity index (χ4n) is 3.30. The number of benzene rings is 2. The number of fused-ring (bicyclic) bond motifs is 1. The lowest BCUT2D eigenvalue weighted by molar-refractivity contribution is -0.113. The van der Waals surface area contributed by atoms with Gasteiger partial charge in [-0.3, -0.25) is 4.79 Å². The molecule has 6 nitrogen and oxygen atoms in total. The number of aryl methyl sites for hydroxylation is 2.